The molecule has 0 atom stereocenters. The van der Waals surface area contributed by atoms with E-state index >= 15 is 0 Å². The first-order chi connectivity index (χ1) is 7.49. The minimum atomic E-state index is -2.43. The third kappa shape index (κ3) is 3.27. The van der Waals surface area contributed by atoms with Gasteiger partial charge in [-0.1, -0.05) is 6.92 Å². The second kappa shape index (κ2) is 5.60. The SMILES string of the molecule is CO[Si](C[N+]1(C)CCC(C)CC1)(OC)OC. The predicted molar refractivity (Wildman–Crippen MR) is 66.0 cm³/mol. The zero-order valence-electron chi connectivity index (χ0n) is 11.3. The normalized spacial score (nSPS) is 31.7. The molecule has 1 fully saturated rings. The van der Waals surface area contributed by atoms with Crippen LogP contribution in [0.1, 0.15) is 19.8 Å². The highest BCUT2D eigenvalue weighted by Gasteiger charge is 2.47. The maximum Gasteiger partial charge on any atom is 0.558 e. The zero-order valence-corrected chi connectivity index (χ0v) is 12.3. The monoisotopic (exact) mass is 248 g/mol. The number of piperidine rings is 1. The number of likely N-dealkylation sites (tertiary alicyclic amines) is 1. The van der Waals surface area contributed by atoms with Crippen molar-refractivity contribution >= 4 is 8.80 Å². The maximum absolute atomic E-state index is 5.51. The summed E-state index contributed by atoms with van der Waals surface area (Å²) >= 11 is 0. The standard InChI is InChI=1S/C11H26NO3Si/c1-11-6-8-12(2,9-7-11)10-16(13-3,14-4)15-5/h11H,6-10H2,1-5H3/q+1. The van der Waals surface area contributed by atoms with Gasteiger partial charge in [-0.3, -0.25) is 0 Å². The highest BCUT2D eigenvalue weighted by molar-refractivity contribution is 6.60. The Morgan fingerprint density at radius 2 is 1.50 bits per heavy atom. The van der Waals surface area contributed by atoms with Gasteiger partial charge in [0.25, 0.3) is 0 Å². The molecule has 0 saturated carbocycles. The van der Waals surface area contributed by atoms with Crippen molar-refractivity contribution in [2.45, 2.75) is 19.8 Å². The van der Waals surface area contributed by atoms with E-state index in [-0.39, 0.29) is 0 Å². The molecular formula is C11H26NO3Si+. The molecule has 1 saturated heterocycles. The van der Waals surface area contributed by atoms with E-state index < -0.39 is 8.80 Å². The first-order valence-electron chi connectivity index (χ1n) is 5.98. The molecule has 0 spiro atoms. The lowest BCUT2D eigenvalue weighted by Crippen LogP contribution is -2.62. The van der Waals surface area contributed by atoms with Gasteiger partial charge < -0.3 is 17.8 Å². The van der Waals surface area contributed by atoms with Gasteiger partial charge in [0, 0.05) is 21.3 Å². The van der Waals surface area contributed by atoms with Gasteiger partial charge in [-0.25, -0.2) is 0 Å². The highest BCUT2D eigenvalue weighted by Crippen LogP contribution is 2.24. The van der Waals surface area contributed by atoms with Crippen molar-refractivity contribution in [1.82, 2.24) is 0 Å². The van der Waals surface area contributed by atoms with Crippen LogP contribution in [-0.4, -0.2) is 60.9 Å². The van der Waals surface area contributed by atoms with Gasteiger partial charge >= 0.3 is 8.80 Å². The van der Waals surface area contributed by atoms with E-state index in [0.29, 0.717) is 0 Å². The van der Waals surface area contributed by atoms with Crippen molar-refractivity contribution in [2.75, 3.05) is 47.6 Å². The van der Waals surface area contributed by atoms with Crippen molar-refractivity contribution in [3.63, 3.8) is 0 Å². The van der Waals surface area contributed by atoms with E-state index in [9.17, 15) is 0 Å². The van der Waals surface area contributed by atoms with Crippen molar-refractivity contribution < 1.29 is 17.8 Å². The van der Waals surface area contributed by atoms with E-state index in [1.165, 1.54) is 25.9 Å². The van der Waals surface area contributed by atoms with E-state index in [0.717, 1.165) is 16.6 Å². The second-order valence-electron chi connectivity index (χ2n) is 5.20. The molecular weight excluding hydrogens is 222 g/mol. The molecule has 0 radical (unpaired) electrons. The van der Waals surface area contributed by atoms with Crippen LogP contribution in [0.3, 0.4) is 0 Å². The average Bonchev–Trinajstić information content (AvgIpc) is 2.31. The number of hydrogen-bond donors (Lipinski definition) is 0. The Balaban J connectivity index is 2.63. The van der Waals surface area contributed by atoms with Crippen molar-refractivity contribution in [3.8, 4) is 0 Å². The Morgan fingerprint density at radius 3 is 1.88 bits per heavy atom. The largest absolute Gasteiger partial charge is 0.558 e. The zero-order chi connectivity index (χ0) is 12.2. The van der Waals surface area contributed by atoms with Gasteiger partial charge in [-0.2, -0.15) is 0 Å². The topological polar surface area (TPSA) is 27.7 Å². The van der Waals surface area contributed by atoms with Gasteiger partial charge in [-0.05, 0) is 18.8 Å². The molecule has 4 nitrogen and oxygen atoms in total. The molecule has 0 bridgehead atoms. The average molecular weight is 248 g/mol. The molecule has 1 rings (SSSR count). The number of nitrogens with zero attached hydrogens (tertiary/aromatic N) is 1. The van der Waals surface area contributed by atoms with Crippen molar-refractivity contribution in [2.24, 2.45) is 5.92 Å². The summed E-state index contributed by atoms with van der Waals surface area (Å²) in [7, 11) is 4.93. The van der Waals surface area contributed by atoms with Gasteiger partial charge in [0.05, 0.1) is 20.1 Å². The Bertz CT molecular complexity index is 205. The fraction of sp³-hybridized carbons (Fsp3) is 1.00. The first-order valence-corrected chi connectivity index (χ1v) is 7.91. The summed E-state index contributed by atoms with van der Waals surface area (Å²) in [6.07, 6.45) is 3.46. The van der Waals surface area contributed by atoms with Crippen LogP contribution in [0.2, 0.25) is 0 Å². The Kier molecular flexibility index (Phi) is 4.94. The molecule has 0 aromatic rings. The van der Waals surface area contributed by atoms with Gasteiger partial charge in [0.2, 0.25) is 0 Å². The molecule has 1 aliphatic rings. The van der Waals surface area contributed by atoms with Crippen LogP contribution in [-0.2, 0) is 13.3 Å². The molecule has 0 unspecified atom stereocenters. The van der Waals surface area contributed by atoms with Crippen LogP contribution in [0.4, 0.5) is 0 Å². The Labute approximate surface area is 100 Å². The minimum absolute atomic E-state index is 0.856. The van der Waals surface area contributed by atoms with E-state index in [1.54, 1.807) is 21.3 Å². The summed E-state index contributed by atoms with van der Waals surface area (Å²) in [6, 6.07) is 0. The van der Waals surface area contributed by atoms with E-state index in [1.807, 2.05) is 0 Å². The molecule has 16 heavy (non-hydrogen) atoms. The second-order valence-corrected chi connectivity index (χ2v) is 8.11. The smallest absolute Gasteiger partial charge is 0.374 e. The molecule has 1 heterocycles. The van der Waals surface area contributed by atoms with E-state index in [4.69, 9.17) is 13.3 Å². The lowest BCUT2D eigenvalue weighted by Gasteiger charge is -2.42. The lowest BCUT2D eigenvalue weighted by atomic mass is 9.98. The van der Waals surface area contributed by atoms with Gasteiger partial charge in [0.15, 0.2) is 0 Å². The molecule has 0 N–H and O–H groups in total. The van der Waals surface area contributed by atoms with E-state index in [2.05, 4.69) is 14.0 Å². The summed E-state index contributed by atoms with van der Waals surface area (Å²) in [5.74, 6) is 0.856. The van der Waals surface area contributed by atoms with Crippen LogP contribution < -0.4 is 0 Å². The summed E-state index contributed by atoms with van der Waals surface area (Å²) < 4.78 is 17.5. The number of rotatable bonds is 5. The summed E-state index contributed by atoms with van der Waals surface area (Å²) in [6.45, 7) is 4.73. The van der Waals surface area contributed by atoms with Gasteiger partial charge in [-0.15, -0.1) is 0 Å². The maximum atomic E-state index is 5.51. The van der Waals surface area contributed by atoms with Crippen molar-refractivity contribution in [1.29, 1.82) is 0 Å². The molecule has 0 aromatic heterocycles. The lowest BCUT2D eigenvalue weighted by molar-refractivity contribution is -0.907. The van der Waals surface area contributed by atoms with Crippen LogP contribution in [0.15, 0.2) is 0 Å². The fourth-order valence-electron chi connectivity index (χ4n) is 2.39. The Hall–Kier alpha value is 0.0569. The molecule has 1 aliphatic heterocycles. The molecule has 0 aliphatic carbocycles. The third-order valence-electron chi connectivity index (χ3n) is 3.83. The number of hydrogen-bond acceptors (Lipinski definition) is 3. The van der Waals surface area contributed by atoms with Crippen molar-refractivity contribution in [3.05, 3.63) is 0 Å². The molecule has 5 heteroatoms. The molecule has 0 aromatic carbocycles. The predicted octanol–water partition coefficient (Wildman–Crippen LogP) is 1.28. The highest BCUT2D eigenvalue weighted by atomic mass is 28.4. The van der Waals surface area contributed by atoms with Crippen LogP contribution >= 0.6 is 0 Å². The fourth-order valence-corrected chi connectivity index (χ4v) is 4.53. The summed E-state index contributed by atoms with van der Waals surface area (Å²) in [5.41, 5.74) is 0. The Morgan fingerprint density at radius 1 is 1.06 bits per heavy atom. The quantitative estimate of drug-likeness (QED) is 0.542. The van der Waals surface area contributed by atoms with Crippen LogP contribution in [0, 0.1) is 5.92 Å². The van der Waals surface area contributed by atoms with Crippen LogP contribution in [0.5, 0.6) is 0 Å². The van der Waals surface area contributed by atoms with Gasteiger partial charge in [0.1, 0.15) is 6.17 Å². The third-order valence-corrected chi connectivity index (χ3v) is 6.85. The first kappa shape index (κ1) is 14.1. The summed E-state index contributed by atoms with van der Waals surface area (Å²) in [4.78, 5) is 0. The van der Waals surface area contributed by atoms with Crippen LogP contribution in [0.25, 0.3) is 0 Å². The molecule has 96 valence electrons. The summed E-state index contributed by atoms with van der Waals surface area (Å²) in [5, 5.41) is 0. The molecule has 0 amide bonds. The number of quaternary nitrogens is 1. The minimum Gasteiger partial charge on any atom is -0.374 e.